The second-order valence-corrected chi connectivity index (χ2v) is 2.18. The van der Waals surface area contributed by atoms with E-state index in [1.165, 1.54) is 0 Å². The zero-order valence-electron chi connectivity index (χ0n) is 6.64. The lowest BCUT2D eigenvalue weighted by Crippen LogP contribution is -1.79. The standard InChI is InChI=1S/C9H9N3/c1-10-7-8-11-12-9-5-3-2-4-6-9/h2-6H,7-8H2/b12-11+. The van der Waals surface area contributed by atoms with E-state index < -0.39 is 0 Å². The van der Waals surface area contributed by atoms with Crippen molar-refractivity contribution in [2.24, 2.45) is 10.2 Å². The van der Waals surface area contributed by atoms with Gasteiger partial charge in [-0.1, -0.05) is 18.2 Å². The maximum Gasteiger partial charge on any atom is 0.235 e. The fraction of sp³-hybridized carbons (Fsp3) is 0.222. The molecular weight excluding hydrogens is 150 g/mol. The quantitative estimate of drug-likeness (QED) is 0.368. The third-order valence-electron chi connectivity index (χ3n) is 1.25. The minimum atomic E-state index is 0.413. The molecule has 0 fully saturated rings. The van der Waals surface area contributed by atoms with Crippen molar-refractivity contribution in [3.05, 3.63) is 41.7 Å². The van der Waals surface area contributed by atoms with Crippen molar-refractivity contribution in [3.63, 3.8) is 0 Å². The number of hydrogen-bond donors (Lipinski definition) is 0. The molecule has 1 aromatic carbocycles. The predicted molar refractivity (Wildman–Crippen MR) is 47.3 cm³/mol. The Balaban J connectivity index is 2.43. The van der Waals surface area contributed by atoms with Crippen LogP contribution in [0, 0.1) is 6.57 Å². The molecule has 3 heteroatoms. The summed E-state index contributed by atoms with van der Waals surface area (Å²) in [7, 11) is 0. The summed E-state index contributed by atoms with van der Waals surface area (Å²) < 4.78 is 0. The van der Waals surface area contributed by atoms with Crippen LogP contribution in [0.5, 0.6) is 0 Å². The minimum Gasteiger partial charge on any atom is -0.315 e. The van der Waals surface area contributed by atoms with Gasteiger partial charge in [0.2, 0.25) is 6.54 Å². The molecule has 0 bridgehead atoms. The van der Waals surface area contributed by atoms with Crippen LogP contribution in [0.15, 0.2) is 40.6 Å². The summed E-state index contributed by atoms with van der Waals surface area (Å²) in [6, 6.07) is 9.49. The van der Waals surface area contributed by atoms with Crippen molar-refractivity contribution < 1.29 is 0 Å². The molecule has 0 spiro atoms. The van der Waals surface area contributed by atoms with Gasteiger partial charge in [-0.15, -0.1) is 0 Å². The van der Waals surface area contributed by atoms with Gasteiger partial charge >= 0.3 is 0 Å². The maximum atomic E-state index is 6.51. The van der Waals surface area contributed by atoms with E-state index in [0.717, 1.165) is 5.69 Å². The van der Waals surface area contributed by atoms with Crippen LogP contribution in [0.1, 0.15) is 0 Å². The van der Waals surface area contributed by atoms with E-state index in [1.807, 2.05) is 30.3 Å². The van der Waals surface area contributed by atoms with Gasteiger partial charge in [-0.05, 0) is 12.1 Å². The van der Waals surface area contributed by atoms with E-state index in [2.05, 4.69) is 15.1 Å². The summed E-state index contributed by atoms with van der Waals surface area (Å²) in [6.07, 6.45) is 0. The summed E-state index contributed by atoms with van der Waals surface area (Å²) in [4.78, 5) is 3.16. The SMILES string of the molecule is [C-]#[N+]CC/N=N/c1ccccc1. The maximum absolute atomic E-state index is 6.51. The normalized spacial score (nSPS) is 9.92. The van der Waals surface area contributed by atoms with Crippen LogP contribution < -0.4 is 0 Å². The highest BCUT2D eigenvalue weighted by Gasteiger charge is 1.85. The lowest BCUT2D eigenvalue weighted by molar-refractivity contribution is 0.975. The first-order valence-electron chi connectivity index (χ1n) is 3.69. The molecule has 1 rings (SSSR count). The van der Waals surface area contributed by atoms with Crippen LogP contribution >= 0.6 is 0 Å². The summed E-state index contributed by atoms with van der Waals surface area (Å²) in [5.74, 6) is 0. The Hall–Kier alpha value is -1.69. The summed E-state index contributed by atoms with van der Waals surface area (Å²) in [6.45, 7) is 7.41. The zero-order valence-corrected chi connectivity index (χ0v) is 6.64. The van der Waals surface area contributed by atoms with Gasteiger partial charge in [0.15, 0.2) is 0 Å². The van der Waals surface area contributed by atoms with Gasteiger partial charge in [-0.2, -0.15) is 10.2 Å². The monoisotopic (exact) mass is 159 g/mol. The minimum absolute atomic E-state index is 0.413. The van der Waals surface area contributed by atoms with Crippen molar-refractivity contribution in [2.75, 3.05) is 13.1 Å². The first kappa shape index (κ1) is 8.41. The molecule has 0 N–H and O–H groups in total. The molecule has 0 amide bonds. The molecule has 60 valence electrons. The van der Waals surface area contributed by atoms with Crippen LogP contribution in [0.25, 0.3) is 4.85 Å². The highest BCUT2D eigenvalue weighted by molar-refractivity contribution is 5.34. The molecule has 0 heterocycles. The number of azo groups is 1. The van der Waals surface area contributed by atoms with Crippen molar-refractivity contribution in [1.82, 2.24) is 0 Å². The Labute approximate surface area is 71.6 Å². The van der Waals surface area contributed by atoms with Crippen LogP contribution in [0.4, 0.5) is 5.69 Å². The van der Waals surface area contributed by atoms with Crippen LogP contribution in [-0.4, -0.2) is 13.1 Å². The number of benzene rings is 1. The molecule has 0 aliphatic rings. The van der Waals surface area contributed by atoms with Gasteiger partial charge < -0.3 is 4.85 Å². The largest absolute Gasteiger partial charge is 0.315 e. The van der Waals surface area contributed by atoms with Gasteiger partial charge in [0.05, 0.1) is 5.69 Å². The molecule has 3 nitrogen and oxygen atoms in total. The van der Waals surface area contributed by atoms with Crippen molar-refractivity contribution in [1.29, 1.82) is 0 Å². The summed E-state index contributed by atoms with van der Waals surface area (Å²) in [5, 5.41) is 7.77. The van der Waals surface area contributed by atoms with Gasteiger partial charge in [0.1, 0.15) is 6.54 Å². The second kappa shape index (κ2) is 5.03. The number of rotatable bonds is 3. The van der Waals surface area contributed by atoms with E-state index >= 15 is 0 Å². The smallest absolute Gasteiger partial charge is 0.235 e. The second-order valence-electron chi connectivity index (χ2n) is 2.18. The van der Waals surface area contributed by atoms with Gasteiger partial charge in [0.25, 0.3) is 0 Å². The molecule has 0 aliphatic heterocycles. The fourth-order valence-electron chi connectivity index (χ4n) is 0.721. The van der Waals surface area contributed by atoms with Gasteiger partial charge in [-0.25, -0.2) is 6.57 Å². The Morgan fingerprint density at radius 2 is 2.00 bits per heavy atom. The average molecular weight is 159 g/mol. The van der Waals surface area contributed by atoms with Crippen LogP contribution in [0.2, 0.25) is 0 Å². The third kappa shape index (κ3) is 2.93. The Morgan fingerprint density at radius 1 is 1.25 bits per heavy atom. The van der Waals surface area contributed by atoms with Gasteiger partial charge in [-0.3, -0.25) is 0 Å². The molecule has 1 aromatic rings. The highest BCUT2D eigenvalue weighted by atomic mass is 15.1. The fourth-order valence-corrected chi connectivity index (χ4v) is 0.721. The highest BCUT2D eigenvalue weighted by Crippen LogP contribution is 2.09. The lowest BCUT2D eigenvalue weighted by atomic mass is 10.3. The van der Waals surface area contributed by atoms with E-state index in [1.54, 1.807) is 0 Å². The first-order chi connectivity index (χ1) is 5.93. The molecule has 0 unspecified atom stereocenters. The first-order valence-corrected chi connectivity index (χ1v) is 3.69. The molecular formula is C9H9N3. The van der Waals surface area contributed by atoms with Crippen molar-refractivity contribution >= 4 is 5.69 Å². The summed E-state index contributed by atoms with van der Waals surface area (Å²) >= 11 is 0. The average Bonchev–Trinajstić information content (AvgIpc) is 2.14. The van der Waals surface area contributed by atoms with Crippen molar-refractivity contribution in [2.45, 2.75) is 0 Å². The Morgan fingerprint density at radius 3 is 2.67 bits per heavy atom. The van der Waals surface area contributed by atoms with Crippen molar-refractivity contribution in [3.8, 4) is 0 Å². The summed E-state index contributed by atoms with van der Waals surface area (Å²) in [5.41, 5.74) is 0.836. The van der Waals surface area contributed by atoms with E-state index in [4.69, 9.17) is 6.57 Å². The Bertz CT molecular complexity index is 284. The van der Waals surface area contributed by atoms with Gasteiger partial charge in [0, 0.05) is 0 Å². The molecule has 0 atom stereocenters. The Kier molecular flexibility index (Phi) is 3.52. The number of nitrogens with zero attached hydrogens (tertiary/aromatic N) is 3. The zero-order chi connectivity index (χ0) is 8.65. The number of hydrogen-bond acceptors (Lipinski definition) is 2. The molecule has 0 radical (unpaired) electrons. The molecule has 0 aliphatic carbocycles. The molecule has 12 heavy (non-hydrogen) atoms. The van der Waals surface area contributed by atoms with Crippen LogP contribution in [0.3, 0.4) is 0 Å². The molecule has 0 aromatic heterocycles. The third-order valence-corrected chi connectivity index (χ3v) is 1.25. The lowest BCUT2D eigenvalue weighted by Gasteiger charge is -1.87. The van der Waals surface area contributed by atoms with E-state index in [9.17, 15) is 0 Å². The van der Waals surface area contributed by atoms with Crippen LogP contribution in [-0.2, 0) is 0 Å². The molecule has 0 saturated carbocycles. The molecule has 0 saturated heterocycles. The van der Waals surface area contributed by atoms with E-state index in [-0.39, 0.29) is 0 Å². The predicted octanol–water partition coefficient (Wildman–Crippen LogP) is 2.69. The topological polar surface area (TPSA) is 29.1 Å². The van der Waals surface area contributed by atoms with E-state index in [0.29, 0.717) is 13.1 Å².